The summed E-state index contributed by atoms with van der Waals surface area (Å²) in [7, 11) is 1.55. The van der Waals surface area contributed by atoms with Crippen LogP contribution in [0.2, 0.25) is 0 Å². The van der Waals surface area contributed by atoms with Gasteiger partial charge in [-0.25, -0.2) is 0 Å². The molecule has 102 valence electrons. The molecule has 18 heavy (non-hydrogen) atoms. The van der Waals surface area contributed by atoms with Crippen molar-refractivity contribution in [1.82, 2.24) is 5.32 Å². The van der Waals surface area contributed by atoms with E-state index in [1.165, 1.54) is 5.56 Å². The quantitative estimate of drug-likeness (QED) is 0.769. The number of halogens is 1. The maximum atomic E-state index is 9.50. The first-order valence-electron chi connectivity index (χ1n) is 5.96. The molecule has 0 aliphatic heterocycles. The van der Waals surface area contributed by atoms with Crippen LogP contribution in [0.1, 0.15) is 12.5 Å². The Morgan fingerprint density at radius 2 is 2.17 bits per heavy atom. The monoisotopic (exact) mass is 317 g/mol. The topological polar surface area (TPSA) is 50.7 Å². The van der Waals surface area contributed by atoms with E-state index in [1.54, 1.807) is 7.11 Å². The Labute approximate surface area is 116 Å². The number of hydrogen-bond donors (Lipinski definition) is 2. The van der Waals surface area contributed by atoms with Gasteiger partial charge in [0.1, 0.15) is 18.5 Å². The molecule has 0 bridgehead atoms. The van der Waals surface area contributed by atoms with Crippen molar-refractivity contribution in [3.8, 4) is 5.75 Å². The predicted molar refractivity (Wildman–Crippen MR) is 74.9 cm³/mol. The molecular formula is C13H20BrNO3. The third kappa shape index (κ3) is 5.35. The average molecular weight is 318 g/mol. The highest BCUT2D eigenvalue weighted by atomic mass is 79.9. The van der Waals surface area contributed by atoms with E-state index >= 15 is 0 Å². The van der Waals surface area contributed by atoms with Gasteiger partial charge in [-0.1, -0.05) is 13.0 Å². The minimum absolute atomic E-state index is 0.221. The van der Waals surface area contributed by atoms with Crippen molar-refractivity contribution < 1.29 is 14.6 Å². The molecule has 0 amide bonds. The predicted octanol–water partition coefficient (Wildman–Crippen LogP) is 1.94. The largest absolute Gasteiger partial charge is 0.490 e. The standard InChI is InChI=1S/C13H20BrNO3/c1-3-15-7-10-4-5-13(12(14)6-10)18-9-11(16)8-17-2/h4-6,11,15-16H,3,7-9H2,1-2H3. The Bertz CT molecular complexity index is 360. The fourth-order valence-corrected chi connectivity index (χ4v) is 2.01. The second-order valence-corrected chi connectivity index (χ2v) is 4.82. The molecule has 1 aromatic rings. The lowest BCUT2D eigenvalue weighted by Gasteiger charge is -2.13. The molecule has 0 heterocycles. The summed E-state index contributed by atoms with van der Waals surface area (Å²) in [5, 5.41) is 12.8. The van der Waals surface area contributed by atoms with E-state index in [0.717, 1.165) is 23.3 Å². The second kappa shape index (κ2) is 8.48. The zero-order valence-electron chi connectivity index (χ0n) is 10.8. The van der Waals surface area contributed by atoms with Gasteiger partial charge in [0.25, 0.3) is 0 Å². The van der Waals surface area contributed by atoms with Gasteiger partial charge in [0.15, 0.2) is 0 Å². The van der Waals surface area contributed by atoms with Crippen molar-refractivity contribution in [2.45, 2.75) is 19.6 Å². The number of rotatable bonds is 8. The van der Waals surface area contributed by atoms with Crippen LogP contribution in [-0.4, -0.2) is 38.1 Å². The van der Waals surface area contributed by atoms with Crippen molar-refractivity contribution in [2.75, 3.05) is 26.9 Å². The first-order valence-corrected chi connectivity index (χ1v) is 6.75. The summed E-state index contributed by atoms with van der Waals surface area (Å²) < 4.78 is 11.2. The van der Waals surface area contributed by atoms with Crippen LogP contribution in [0.25, 0.3) is 0 Å². The Kier molecular flexibility index (Phi) is 7.27. The molecule has 0 aliphatic carbocycles. The Balaban J connectivity index is 2.51. The number of aliphatic hydroxyl groups excluding tert-OH is 1. The summed E-state index contributed by atoms with van der Waals surface area (Å²) in [5.74, 6) is 0.727. The van der Waals surface area contributed by atoms with Crippen LogP contribution in [0, 0.1) is 0 Å². The molecular weight excluding hydrogens is 298 g/mol. The fraction of sp³-hybridized carbons (Fsp3) is 0.538. The van der Waals surface area contributed by atoms with Gasteiger partial charge >= 0.3 is 0 Å². The third-order valence-electron chi connectivity index (χ3n) is 2.37. The summed E-state index contributed by atoms with van der Waals surface area (Å²) in [4.78, 5) is 0. The first kappa shape index (κ1) is 15.4. The van der Waals surface area contributed by atoms with E-state index in [2.05, 4.69) is 28.2 Å². The molecule has 1 unspecified atom stereocenters. The number of ether oxygens (including phenoxy) is 2. The van der Waals surface area contributed by atoms with Crippen molar-refractivity contribution in [2.24, 2.45) is 0 Å². The smallest absolute Gasteiger partial charge is 0.133 e. The maximum Gasteiger partial charge on any atom is 0.133 e. The molecule has 0 saturated heterocycles. The lowest BCUT2D eigenvalue weighted by atomic mass is 10.2. The summed E-state index contributed by atoms with van der Waals surface area (Å²) in [6, 6.07) is 5.92. The Hall–Kier alpha value is -0.620. The van der Waals surface area contributed by atoms with E-state index in [0.29, 0.717) is 0 Å². The Morgan fingerprint density at radius 3 is 2.78 bits per heavy atom. The normalized spacial score (nSPS) is 12.4. The molecule has 1 atom stereocenters. The summed E-state index contributed by atoms with van der Waals surface area (Å²) >= 11 is 3.46. The molecule has 5 heteroatoms. The highest BCUT2D eigenvalue weighted by molar-refractivity contribution is 9.10. The highest BCUT2D eigenvalue weighted by Crippen LogP contribution is 2.26. The summed E-state index contributed by atoms with van der Waals surface area (Å²) in [6.07, 6.45) is -0.608. The molecule has 0 saturated carbocycles. The Morgan fingerprint density at radius 1 is 1.39 bits per heavy atom. The van der Waals surface area contributed by atoms with Crippen molar-refractivity contribution >= 4 is 15.9 Å². The lowest BCUT2D eigenvalue weighted by Crippen LogP contribution is -2.22. The first-order chi connectivity index (χ1) is 8.67. The molecule has 0 fully saturated rings. The van der Waals surface area contributed by atoms with Crippen molar-refractivity contribution in [3.05, 3.63) is 28.2 Å². The van der Waals surface area contributed by atoms with Crippen LogP contribution in [0.3, 0.4) is 0 Å². The number of aliphatic hydroxyl groups is 1. The minimum atomic E-state index is -0.608. The number of hydrogen-bond acceptors (Lipinski definition) is 4. The summed E-state index contributed by atoms with van der Waals surface area (Å²) in [5.41, 5.74) is 1.19. The van der Waals surface area contributed by atoms with Gasteiger partial charge in [0.2, 0.25) is 0 Å². The maximum absolute atomic E-state index is 9.50. The van der Waals surface area contributed by atoms with Crippen LogP contribution in [0.15, 0.2) is 22.7 Å². The van der Waals surface area contributed by atoms with E-state index in [9.17, 15) is 5.11 Å². The van der Waals surface area contributed by atoms with Gasteiger partial charge in [-0.2, -0.15) is 0 Å². The second-order valence-electron chi connectivity index (χ2n) is 3.97. The fourth-order valence-electron chi connectivity index (χ4n) is 1.47. The number of methoxy groups -OCH3 is 1. The van der Waals surface area contributed by atoms with Crippen LogP contribution in [0.4, 0.5) is 0 Å². The van der Waals surface area contributed by atoms with E-state index in [4.69, 9.17) is 9.47 Å². The van der Waals surface area contributed by atoms with Gasteiger partial charge in [0.05, 0.1) is 11.1 Å². The minimum Gasteiger partial charge on any atom is -0.490 e. The molecule has 0 aromatic heterocycles. The van der Waals surface area contributed by atoms with E-state index in [1.807, 2.05) is 18.2 Å². The highest BCUT2D eigenvalue weighted by Gasteiger charge is 2.07. The SMILES string of the molecule is CCNCc1ccc(OCC(O)COC)c(Br)c1. The zero-order valence-corrected chi connectivity index (χ0v) is 12.4. The molecule has 0 spiro atoms. The molecule has 4 nitrogen and oxygen atoms in total. The van der Waals surface area contributed by atoms with Crippen LogP contribution in [0.5, 0.6) is 5.75 Å². The summed E-state index contributed by atoms with van der Waals surface area (Å²) in [6.45, 7) is 4.35. The van der Waals surface area contributed by atoms with E-state index in [-0.39, 0.29) is 13.2 Å². The van der Waals surface area contributed by atoms with Crippen LogP contribution in [-0.2, 0) is 11.3 Å². The van der Waals surface area contributed by atoms with Crippen LogP contribution < -0.4 is 10.1 Å². The molecule has 2 N–H and O–H groups in total. The van der Waals surface area contributed by atoms with Gasteiger partial charge in [-0.3, -0.25) is 0 Å². The molecule has 1 aromatic carbocycles. The van der Waals surface area contributed by atoms with E-state index < -0.39 is 6.10 Å². The van der Waals surface area contributed by atoms with Gasteiger partial charge in [0, 0.05) is 13.7 Å². The number of nitrogens with one attached hydrogen (secondary N) is 1. The van der Waals surface area contributed by atoms with Gasteiger partial charge in [-0.05, 0) is 40.2 Å². The van der Waals surface area contributed by atoms with Gasteiger partial charge < -0.3 is 19.9 Å². The number of benzene rings is 1. The van der Waals surface area contributed by atoms with Crippen LogP contribution >= 0.6 is 15.9 Å². The molecule has 0 radical (unpaired) electrons. The zero-order chi connectivity index (χ0) is 13.4. The third-order valence-corrected chi connectivity index (χ3v) is 2.99. The van der Waals surface area contributed by atoms with Gasteiger partial charge in [-0.15, -0.1) is 0 Å². The molecule has 1 rings (SSSR count). The average Bonchev–Trinajstić information content (AvgIpc) is 2.35. The van der Waals surface area contributed by atoms with Crippen molar-refractivity contribution in [1.29, 1.82) is 0 Å². The van der Waals surface area contributed by atoms with Crippen molar-refractivity contribution in [3.63, 3.8) is 0 Å². The molecule has 0 aliphatic rings. The lowest BCUT2D eigenvalue weighted by molar-refractivity contribution is 0.0323.